The average Bonchev–Trinajstić information content (AvgIpc) is 2.46. The molecule has 114 valence electrons. The van der Waals surface area contributed by atoms with Crippen LogP contribution in [0.4, 0.5) is 0 Å². The van der Waals surface area contributed by atoms with Gasteiger partial charge >= 0.3 is 0 Å². The van der Waals surface area contributed by atoms with Crippen molar-refractivity contribution in [3.63, 3.8) is 0 Å². The van der Waals surface area contributed by atoms with Crippen molar-refractivity contribution >= 4 is 0 Å². The predicted molar refractivity (Wildman–Crippen MR) is 88.6 cm³/mol. The fourth-order valence-electron chi connectivity index (χ4n) is 2.76. The third-order valence-corrected chi connectivity index (χ3v) is 4.08. The Morgan fingerprint density at radius 2 is 1.35 bits per heavy atom. The van der Waals surface area contributed by atoms with Gasteiger partial charge in [-0.25, -0.2) is 0 Å². The highest BCUT2D eigenvalue weighted by Gasteiger charge is 2.08. The Labute approximate surface area is 125 Å². The molecule has 0 heterocycles. The van der Waals surface area contributed by atoms with E-state index in [4.69, 9.17) is 0 Å². The first-order chi connectivity index (χ1) is 9.72. The highest BCUT2D eigenvalue weighted by molar-refractivity contribution is 5.44. The Balaban J connectivity index is 2.71. The van der Waals surface area contributed by atoms with E-state index in [0.29, 0.717) is 5.75 Å². The number of hydrogen-bond acceptors (Lipinski definition) is 1. The molecule has 0 atom stereocenters. The molecule has 0 aliphatic heterocycles. The number of hydrogen-bond donors (Lipinski definition) is 1. The van der Waals surface area contributed by atoms with Crippen molar-refractivity contribution in [1.29, 1.82) is 0 Å². The van der Waals surface area contributed by atoms with E-state index in [1.165, 1.54) is 56.1 Å². The van der Waals surface area contributed by atoms with Gasteiger partial charge in [0, 0.05) is 0 Å². The first kappa shape index (κ1) is 17.1. The standard InChI is InChI=1S/C19H32O/c1-4-7-9-11-13-18-15-16(12-10-8-5-2)14-17(6-3)19(18)20/h14-15,20H,4-13H2,1-3H3. The minimum absolute atomic E-state index is 0.559. The Bertz CT molecular complexity index is 382. The third kappa shape index (κ3) is 5.56. The maximum Gasteiger partial charge on any atom is 0.121 e. The molecular weight excluding hydrogens is 244 g/mol. The molecule has 0 saturated heterocycles. The number of rotatable bonds is 10. The molecule has 0 radical (unpaired) electrons. The second kappa shape index (κ2) is 9.85. The van der Waals surface area contributed by atoms with Crippen LogP contribution in [-0.2, 0) is 19.3 Å². The van der Waals surface area contributed by atoms with Crippen molar-refractivity contribution in [1.82, 2.24) is 0 Å². The van der Waals surface area contributed by atoms with Crippen LogP contribution in [0, 0.1) is 0 Å². The summed E-state index contributed by atoms with van der Waals surface area (Å²) >= 11 is 0. The van der Waals surface area contributed by atoms with Crippen molar-refractivity contribution < 1.29 is 5.11 Å². The van der Waals surface area contributed by atoms with Crippen LogP contribution in [-0.4, -0.2) is 5.11 Å². The number of aromatic hydroxyl groups is 1. The predicted octanol–water partition coefficient (Wildman–Crippen LogP) is 5.81. The lowest BCUT2D eigenvalue weighted by Gasteiger charge is -2.12. The van der Waals surface area contributed by atoms with E-state index in [-0.39, 0.29) is 0 Å². The number of aryl methyl sites for hydroxylation is 3. The number of phenolic OH excluding ortho intramolecular Hbond substituents is 1. The smallest absolute Gasteiger partial charge is 0.121 e. The minimum Gasteiger partial charge on any atom is -0.507 e. The maximum atomic E-state index is 10.3. The van der Waals surface area contributed by atoms with E-state index in [0.717, 1.165) is 24.8 Å². The molecule has 1 rings (SSSR count). The van der Waals surface area contributed by atoms with Gasteiger partial charge in [-0.15, -0.1) is 0 Å². The van der Waals surface area contributed by atoms with Crippen molar-refractivity contribution in [2.45, 2.75) is 85.0 Å². The van der Waals surface area contributed by atoms with Crippen LogP contribution in [0.1, 0.15) is 82.4 Å². The minimum atomic E-state index is 0.559. The summed E-state index contributed by atoms with van der Waals surface area (Å²) in [4.78, 5) is 0. The van der Waals surface area contributed by atoms with Crippen molar-refractivity contribution in [2.24, 2.45) is 0 Å². The molecule has 0 amide bonds. The lowest BCUT2D eigenvalue weighted by molar-refractivity contribution is 0.459. The van der Waals surface area contributed by atoms with Gasteiger partial charge in [-0.05, 0) is 48.8 Å². The highest BCUT2D eigenvalue weighted by Crippen LogP contribution is 2.27. The first-order valence-corrected chi connectivity index (χ1v) is 8.56. The molecule has 1 aromatic carbocycles. The fourth-order valence-corrected chi connectivity index (χ4v) is 2.76. The van der Waals surface area contributed by atoms with Crippen LogP contribution in [0.15, 0.2) is 12.1 Å². The fraction of sp³-hybridized carbons (Fsp3) is 0.684. The Hall–Kier alpha value is -0.980. The van der Waals surface area contributed by atoms with Crippen LogP contribution in [0.5, 0.6) is 5.75 Å². The van der Waals surface area contributed by atoms with Gasteiger partial charge in [-0.3, -0.25) is 0 Å². The monoisotopic (exact) mass is 276 g/mol. The molecule has 20 heavy (non-hydrogen) atoms. The van der Waals surface area contributed by atoms with Gasteiger partial charge in [0.25, 0.3) is 0 Å². The highest BCUT2D eigenvalue weighted by atomic mass is 16.3. The van der Waals surface area contributed by atoms with E-state index < -0.39 is 0 Å². The van der Waals surface area contributed by atoms with Gasteiger partial charge in [-0.1, -0.05) is 65.0 Å². The number of benzene rings is 1. The molecule has 0 fully saturated rings. The molecular formula is C19H32O. The van der Waals surface area contributed by atoms with Gasteiger partial charge in [0.2, 0.25) is 0 Å². The molecule has 1 aromatic rings. The molecule has 1 heteroatoms. The topological polar surface area (TPSA) is 20.2 Å². The second-order valence-electron chi connectivity index (χ2n) is 5.88. The van der Waals surface area contributed by atoms with Gasteiger partial charge in [-0.2, -0.15) is 0 Å². The van der Waals surface area contributed by atoms with Crippen molar-refractivity contribution in [2.75, 3.05) is 0 Å². The van der Waals surface area contributed by atoms with Crippen molar-refractivity contribution in [3.8, 4) is 5.75 Å². The number of unbranched alkanes of at least 4 members (excludes halogenated alkanes) is 5. The SMILES string of the molecule is CCCCCCc1cc(CCCCC)cc(CC)c1O. The van der Waals surface area contributed by atoms with Gasteiger partial charge in [0.1, 0.15) is 5.75 Å². The molecule has 1 N–H and O–H groups in total. The summed E-state index contributed by atoms with van der Waals surface area (Å²) in [5, 5.41) is 10.3. The molecule has 0 spiro atoms. The van der Waals surface area contributed by atoms with E-state index in [1.807, 2.05) is 0 Å². The lowest BCUT2D eigenvalue weighted by atomic mass is 9.95. The normalized spacial score (nSPS) is 10.9. The molecule has 0 unspecified atom stereocenters. The molecule has 0 saturated carbocycles. The van der Waals surface area contributed by atoms with Gasteiger partial charge in [0.15, 0.2) is 0 Å². The Kier molecular flexibility index (Phi) is 8.41. The maximum absolute atomic E-state index is 10.3. The van der Waals surface area contributed by atoms with Crippen LogP contribution >= 0.6 is 0 Å². The van der Waals surface area contributed by atoms with E-state index >= 15 is 0 Å². The quantitative estimate of drug-likeness (QED) is 0.535. The van der Waals surface area contributed by atoms with Gasteiger partial charge < -0.3 is 5.11 Å². The van der Waals surface area contributed by atoms with Crippen molar-refractivity contribution in [3.05, 3.63) is 28.8 Å². The lowest BCUT2D eigenvalue weighted by Crippen LogP contribution is -1.96. The molecule has 0 aliphatic rings. The van der Waals surface area contributed by atoms with E-state index in [9.17, 15) is 5.11 Å². The van der Waals surface area contributed by atoms with Crippen LogP contribution in [0.25, 0.3) is 0 Å². The molecule has 1 nitrogen and oxygen atoms in total. The van der Waals surface area contributed by atoms with Crippen LogP contribution in [0.2, 0.25) is 0 Å². The summed E-state index contributed by atoms with van der Waals surface area (Å²) in [5.74, 6) is 0.559. The third-order valence-electron chi connectivity index (χ3n) is 4.08. The summed E-state index contributed by atoms with van der Waals surface area (Å²) in [6.07, 6.45) is 12.0. The van der Waals surface area contributed by atoms with Crippen LogP contribution in [0.3, 0.4) is 0 Å². The molecule has 0 aliphatic carbocycles. The molecule has 0 bridgehead atoms. The zero-order valence-electron chi connectivity index (χ0n) is 13.7. The first-order valence-electron chi connectivity index (χ1n) is 8.56. The largest absolute Gasteiger partial charge is 0.507 e. The summed E-state index contributed by atoms with van der Waals surface area (Å²) in [6.45, 7) is 6.61. The average molecular weight is 276 g/mol. The van der Waals surface area contributed by atoms with Gasteiger partial charge in [0.05, 0.1) is 0 Å². The Morgan fingerprint density at radius 1 is 0.750 bits per heavy atom. The summed E-state index contributed by atoms with van der Waals surface area (Å²) in [6, 6.07) is 4.45. The second-order valence-corrected chi connectivity index (χ2v) is 5.88. The summed E-state index contributed by atoms with van der Waals surface area (Å²) in [7, 11) is 0. The Morgan fingerprint density at radius 3 is 2.00 bits per heavy atom. The van der Waals surface area contributed by atoms with E-state index in [2.05, 4.69) is 32.9 Å². The zero-order valence-corrected chi connectivity index (χ0v) is 13.7. The summed E-state index contributed by atoms with van der Waals surface area (Å²) < 4.78 is 0. The van der Waals surface area contributed by atoms with Crippen LogP contribution < -0.4 is 0 Å². The number of phenols is 1. The molecule has 0 aromatic heterocycles. The summed E-state index contributed by atoms with van der Waals surface area (Å²) in [5.41, 5.74) is 3.72. The van der Waals surface area contributed by atoms with E-state index in [1.54, 1.807) is 0 Å². The zero-order chi connectivity index (χ0) is 14.8.